The SMILES string of the molecule is CN(C)C(=O)c1cnc(N2CCN(C(=O)C3=C(c4ccccc4)N(C)C4N=CN=CC34)CC2)cn1. The number of hydrogen-bond donors (Lipinski definition) is 0. The largest absolute Gasteiger partial charge is 0.352 e. The van der Waals surface area contributed by atoms with Crippen LogP contribution in [0.2, 0.25) is 0 Å². The average Bonchev–Trinajstić information content (AvgIpc) is 3.21. The summed E-state index contributed by atoms with van der Waals surface area (Å²) in [6, 6.07) is 9.99. The van der Waals surface area contributed by atoms with Gasteiger partial charge >= 0.3 is 0 Å². The van der Waals surface area contributed by atoms with Crippen molar-refractivity contribution < 1.29 is 9.59 Å². The lowest BCUT2D eigenvalue weighted by Gasteiger charge is -2.36. The van der Waals surface area contributed by atoms with Crippen LogP contribution in [0.1, 0.15) is 16.1 Å². The van der Waals surface area contributed by atoms with Gasteiger partial charge in [-0.3, -0.25) is 9.59 Å². The topological polar surface area (TPSA) is 97.6 Å². The first-order valence-electron chi connectivity index (χ1n) is 11.6. The number of benzene rings is 1. The Morgan fingerprint density at radius 1 is 1.00 bits per heavy atom. The third-order valence-corrected chi connectivity index (χ3v) is 6.62. The number of aromatic nitrogens is 2. The first-order chi connectivity index (χ1) is 17.0. The fourth-order valence-corrected chi connectivity index (χ4v) is 4.78. The number of piperazine rings is 1. The number of anilines is 1. The lowest BCUT2D eigenvalue weighted by atomic mass is 9.95. The molecule has 2 amide bonds. The van der Waals surface area contributed by atoms with E-state index in [1.807, 2.05) is 48.5 Å². The molecule has 3 aliphatic heterocycles. The van der Waals surface area contributed by atoms with Gasteiger partial charge in [-0.1, -0.05) is 30.3 Å². The fourth-order valence-electron chi connectivity index (χ4n) is 4.78. The van der Waals surface area contributed by atoms with E-state index in [0.717, 1.165) is 16.8 Å². The van der Waals surface area contributed by atoms with Gasteiger partial charge in [-0.05, 0) is 5.56 Å². The lowest BCUT2D eigenvalue weighted by Crippen LogP contribution is -2.50. The standard InChI is InChI=1S/C25H28N8O2/c1-30(2)24(34)19-14-28-20(15-27-19)32-9-11-33(12-10-32)25(35)21-18-13-26-16-29-23(18)31(3)22(21)17-7-5-4-6-8-17/h4-8,13-16,18,23H,9-12H2,1-3H3. The summed E-state index contributed by atoms with van der Waals surface area (Å²) in [5.41, 5.74) is 2.96. The molecule has 1 fully saturated rings. The molecule has 1 aromatic carbocycles. The van der Waals surface area contributed by atoms with Gasteiger partial charge in [-0.15, -0.1) is 0 Å². The average molecular weight is 473 g/mol. The molecule has 0 saturated carbocycles. The molecule has 0 spiro atoms. The normalized spacial score (nSPS) is 21.4. The Bertz CT molecular complexity index is 1200. The summed E-state index contributed by atoms with van der Waals surface area (Å²) < 4.78 is 0. The minimum Gasteiger partial charge on any atom is -0.352 e. The summed E-state index contributed by atoms with van der Waals surface area (Å²) in [7, 11) is 5.35. The zero-order valence-corrected chi connectivity index (χ0v) is 20.1. The number of carbonyl (C=O) groups is 2. The van der Waals surface area contributed by atoms with E-state index in [-0.39, 0.29) is 23.9 Å². The highest BCUT2D eigenvalue weighted by Gasteiger charge is 2.43. The number of rotatable bonds is 4. The van der Waals surface area contributed by atoms with Crippen molar-refractivity contribution in [2.75, 3.05) is 52.2 Å². The molecule has 180 valence electrons. The fraction of sp³-hybridized carbons (Fsp3) is 0.360. The summed E-state index contributed by atoms with van der Waals surface area (Å²) in [6.45, 7) is 2.38. The summed E-state index contributed by atoms with van der Waals surface area (Å²) >= 11 is 0. The van der Waals surface area contributed by atoms with E-state index in [1.165, 1.54) is 11.1 Å². The summed E-state index contributed by atoms with van der Waals surface area (Å²) in [5, 5.41) is 0. The predicted molar refractivity (Wildman–Crippen MR) is 134 cm³/mol. The van der Waals surface area contributed by atoms with Gasteiger partial charge in [0, 0.05) is 53.5 Å². The van der Waals surface area contributed by atoms with Gasteiger partial charge in [0.25, 0.3) is 11.8 Å². The first-order valence-corrected chi connectivity index (χ1v) is 11.6. The second kappa shape index (κ2) is 9.28. The maximum Gasteiger partial charge on any atom is 0.273 e. The van der Waals surface area contributed by atoms with Crippen LogP contribution >= 0.6 is 0 Å². The maximum absolute atomic E-state index is 13.9. The summed E-state index contributed by atoms with van der Waals surface area (Å²) in [6.07, 6.45) is 6.35. The second-order valence-electron chi connectivity index (χ2n) is 8.98. The predicted octanol–water partition coefficient (Wildman–Crippen LogP) is 1.24. The number of amides is 2. The van der Waals surface area contributed by atoms with Crippen LogP contribution in [0.25, 0.3) is 5.70 Å². The molecule has 0 radical (unpaired) electrons. The Morgan fingerprint density at radius 2 is 1.74 bits per heavy atom. The van der Waals surface area contributed by atoms with Crippen LogP contribution in [0.15, 0.2) is 58.3 Å². The van der Waals surface area contributed by atoms with Crippen LogP contribution in [0.3, 0.4) is 0 Å². The Labute approximate surface area is 204 Å². The molecule has 2 atom stereocenters. The Morgan fingerprint density at radius 3 is 2.40 bits per heavy atom. The second-order valence-corrected chi connectivity index (χ2v) is 8.98. The van der Waals surface area contributed by atoms with Crippen LogP contribution in [-0.2, 0) is 4.79 Å². The van der Waals surface area contributed by atoms with Crippen LogP contribution in [0.4, 0.5) is 5.82 Å². The van der Waals surface area contributed by atoms with Gasteiger partial charge in [0.2, 0.25) is 0 Å². The van der Waals surface area contributed by atoms with Crippen LogP contribution in [0, 0.1) is 5.92 Å². The number of hydrogen-bond acceptors (Lipinski definition) is 8. The monoisotopic (exact) mass is 472 g/mol. The van der Waals surface area contributed by atoms with E-state index in [2.05, 4.69) is 29.8 Å². The van der Waals surface area contributed by atoms with Crippen LogP contribution in [-0.4, -0.2) is 103 Å². The number of nitrogens with zero attached hydrogens (tertiary/aromatic N) is 8. The van der Waals surface area contributed by atoms with Crippen molar-refractivity contribution in [2.24, 2.45) is 15.9 Å². The zero-order valence-electron chi connectivity index (χ0n) is 20.1. The highest BCUT2D eigenvalue weighted by atomic mass is 16.2. The third kappa shape index (κ3) is 4.16. The smallest absolute Gasteiger partial charge is 0.273 e. The van der Waals surface area contributed by atoms with Crippen molar-refractivity contribution in [3.05, 3.63) is 59.6 Å². The number of aliphatic imine (C=N–C) groups is 2. The Hall–Kier alpha value is -4.08. The molecule has 2 unspecified atom stereocenters. The quantitative estimate of drug-likeness (QED) is 0.664. The van der Waals surface area contributed by atoms with Gasteiger partial charge in [-0.2, -0.15) is 0 Å². The molecular weight excluding hydrogens is 444 g/mol. The summed E-state index contributed by atoms with van der Waals surface area (Å²) in [4.78, 5) is 51.0. The van der Waals surface area contributed by atoms with Gasteiger partial charge < -0.3 is 19.6 Å². The Kier molecular flexibility index (Phi) is 6.02. The van der Waals surface area contributed by atoms with E-state index in [0.29, 0.717) is 37.7 Å². The van der Waals surface area contributed by atoms with E-state index in [1.54, 1.807) is 26.6 Å². The van der Waals surface area contributed by atoms with Crippen molar-refractivity contribution in [3.63, 3.8) is 0 Å². The van der Waals surface area contributed by atoms with E-state index in [4.69, 9.17) is 0 Å². The van der Waals surface area contributed by atoms with Crippen molar-refractivity contribution in [1.82, 2.24) is 24.7 Å². The van der Waals surface area contributed by atoms with Gasteiger partial charge in [0.1, 0.15) is 24.0 Å². The molecule has 5 rings (SSSR count). The highest BCUT2D eigenvalue weighted by Crippen LogP contribution is 2.40. The van der Waals surface area contributed by atoms with Gasteiger partial charge in [0.15, 0.2) is 0 Å². The van der Waals surface area contributed by atoms with Gasteiger partial charge in [0.05, 0.1) is 29.6 Å². The molecule has 0 aliphatic carbocycles. The lowest BCUT2D eigenvalue weighted by molar-refractivity contribution is -0.127. The first kappa shape index (κ1) is 22.7. The van der Waals surface area contributed by atoms with E-state index in [9.17, 15) is 9.59 Å². The summed E-state index contributed by atoms with van der Waals surface area (Å²) in [5.74, 6) is 0.353. The minimum absolute atomic E-state index is 0.0180. The van der Waals surface area contributed by atoms with Crippen LogP contribution in [0.5, 0.6) is 0 Å². The highest BCUT2D eigenvalue weighted by molar-refractivity contribution is 6.07. The molecule has 10 nitrogen and oxygen atoms in total. The maximum atomic E-state index is 13.9. The van der Waals surface area contributed by atoms with Gasteiger partial charge in [-0.25, -0.2) is 20.0 Å². The van der Waals surface area contributed by atoms with E-state index < -0.39 is 0 Å². The molecule has 0 N–H and O–H groups in total. The molecule has 0 bridgehead atoms. The van der Waals surface area contributed by atoms with Crippen molar-refractivity contribution in [3.8, 4) is 0 Å². The number of fused-ring (bicyclic) bond motifs is 1. The molecule has 4 heterocycles. The molecule has 10 heteroatoms. The van der Waals surface area contributed by atoms with Crippen molar-refractivity contribution in [2.45, 2.75) is 6.17 Å². The number of carbonyl (C=O) groups excluding carboxylic acids is 2. The third-order valence-electron chi connectivity index (χ3n) is 6.62. The Balaban J connectivity index is 1.34. The molecule has 3 aliphatic rings. The van der Waals surface area contributed by atoms with Crippen molar-refractivity contribution in [1.29, 1.82) is 0 Å². The molecule has 35 heavy (non-hydrogen) atoms. The molecular formula is C25H28N8O2. The molecule has 2 aromatic rings. The van der Waals surface area contributed by atoms with Crippen molar-refractivity contribution >= 4 is 35.9 Å². The van der Waals surface area contributed by atoms with E-state index >= 15 is 0 Å². The zero-order chi connectivity index (χ0) is 24.5. The molecule has 1 saturated heterocycles. The van der Waals surface area contributed by atoms with Crippen LogP contribution < -0.4 is 4.90 Å². The molecule has 1 aromatic heterocycles. The minimum atomic E-state index is -0.183.